The van der Waals surface area contributed by atoms with E-state index >= 15 is 0 Å². The first-order valence-corrected chi connectivity index (χ1v) is 7.49. The van der Waals surface area contributed by atoms with Crippen molar-refractivity contribution in [3.63, 3.8) is 0 Å². The van der Waals surface area contributed by atoms with E-state index in [1.54, 1.807) is 0 Å². The number of benzene rings is 1. The first kappa shape index (κ1) is 16.4. The Morgan fingerprint density at radius 2 is 2.00 bits per heavy atom. The minimum atomic E-state index is -3.96. The van der Waals surface area contributed by atoms with E-state index < -0.39 is 22.1 Å². The Bertz CT molecular complexity index is 598. The van der Waals surface area contributed by atoms with Crippen LogP contribution in [-0.4, -0.2) is 37.2 Å². The summed E-state index contributed by atoms with van der Waals surface area (Å²) < 4.78 is 22.4. The molecule has 0 spiro atoms. The molecule has 7 nitrogen and oxygen atoms in total. The molecule has 0 aliphatic heterocycles. The molecule has 0 saturated carbocycles. The van der Waals surface area contributed by atoms with Crippen LogP contribution in [0.25, 0.3) is 0 Å². The fraction of sp³-hybridized carbons (Fsp3) is 0.417. The molecule has 0 saturated heterocycles. The van der Waals surface area contributed by atoms with E-state index in [-0.39, 0.29) is 28.6 Å². The van der Waals surface area contributed by atoms with E-state index in [9.17, 15) is 18.3 Å². The molecular weight excluding hydrogens is 284 g/mol. The van der Waals surface area contributed by atoms with Gasteiger partial charge in [0.25, 0.3) is 0 Å². The van der Waals surface area contributed by atoms with E-state index in [1.165, 1.54) is 12.1 Å². The molecule has 112 valence electrons. The van der Waals surface area contributed by atoms with Crippen LogP contribution in [-0.2, 0) is 10.0 Å². The third-order valence-corrected chi connectivity index (χ3v) is 3.73. The first-order valence-electron chi connectivity index (χ1n) is 5.95. The second kappa shape index (κ2) is 6.21. The number of carboxylic acid groups (broad SMARTS) is 1. The van der Waals surface area contributed by atoms with Crippen molar-refractivity contribution in [1.82, 2.24) is 0 Å². The highest BCUT2D eigenvalue weighted by molar-refractivity contribution is 7.89. The van der Waals surface area contributed by atoms with Gasteiger partial charge in [-0.2, -0.15) is 0 Å². The van der Waals surface area contributed by atoms with Crippen LogP contribution in [0.4, 0.5) is 5.69 Å². The van der Waals surface area contributed by atoms with Gasteiger partial charge >= 0.3 is 5.97 Å². The summed E-state index contributed by atoms with van der Waals surface area (Å²) in [6, 6.07) is 3.52. The Morgan fingerprint density at radius 3 is 2.45 bits per heavy atom. The largest absolute Gasteiger partial charge is 0.478 e. The van der Waals surface area contributed by atoms with Crippen LogP contribution < -0.4 is 10.5 Å². The van der Waals surface area contributed by atoms with Gasteiger partial charge in [-0.25, -0.2) is 18.4 Å². The Morgan fingerprint density at radius 1 is 1.40 bits per heavy atom. The fourth-order valence-electron chi connectivity index (χ4n) is 1.48. The van der Waals surface area contributed by atoms with Crippen molar-refractivity contribution in [2.24, 2.45) is 11.1 Å². The molecule has 20 heavy (non-hydrogen) atoms. The highest BCUT2D eigenvalue weighted by Gasteiger charge is 2.17. The number of primary sulfonamides is 1. The number of rotatable bonds is 6. The van der Waals surface area contributed by atoms with Gasteiger partial charge in [0.1, 0.15) is 0 Å². The normalized spacial score (nSPS) is 13.2. The van der Waals surface area contributed by atoms with Gasteiger partial charge in [-0.1, -0.05) is 13.8 Å². The number of aromatic carboxylic acids is 1. The number of sulfonamides is 1. The number of hydrogen-bond acceptors (Lipinski definition) is 5. The fourth-order valence-corrected chi connectivity index (χ4v) is 2.02. The van der Waals surface area contributed by atoms with Crippen LogP contribution >= 0.6 is 0 Å². The van der Waals surface area contributed by atoms with Gasteiger partial charge in [0, 0.05) is 12.2 Å². The van der Waals surface area contributed by atoms with Crippen LogP contribution in [0.3, 0.4) is 0 Å². The van der Waals surface area contributed by atoms with Crippen LogP contribution in [0.2, 0.25) is 0 Å². The lowest BCUT2D eigenvalue weighted by Gasteiger charge is -2.17. The maximum Gasteiger partial charge on any atom is 0.337 e. The maximum atomic E-state index is 11.2. The molecule has 0 radical (unpaired) electrons. The van der Waals surface area contributed by atoms with Gasteiger partial charge in [-0.05, 0) is 24.1 Å². The van der Waals surface area contributed by atoms with Gasteiger partial charge in [-0.15, -0.1) is 0 Å². The number of carbonyl (C=O) groups is 1. The average Bonchev–Trinajstić information content (AvgIpc) is 2.34. The summed E-state index contributed by atoms with van der Waals surface area (Å²) in [5.41, 5.74) is 0.0112. The lowest BCUT2D eigenvalue weighted by Crippen LogP contribution is -2.25. The van der Waals surface area contributed by atoms with Crippen molar-refractivity contribution >= 4 is 21.7 Å². The summed E-state index contributed by atoms with van der Waals surface area (Å²) in [6.07, 6.45) is -0.644. The van der Waals surface area contributed by atoms with E-state index in [1.807, 2.05) is 13.8 Å². The molecule has 0 aliphatic rings. The Hall–Kier alpha value is -1.64. The van der Waals surface area contributed by atoms with E-state index in [2.05, 4.69) is 5.32 Å². The van der Waals surface area contributed by atoms with Gasteiger partial charge in [-0.3, -0.25) is 0 Å². The van der Waals surface area contributed by atoms with Gasteiger partial charge < -0.3 is 15.5 Å². The molecule has 0 amide bonds. The van der Waals surface area contributed by atoms with Crippen molar-refractivity contribution in [2.75, 3.05) is 11.9 Å². The van der Waals surface area contributed by atoms with Gasteiger partial charge in [0.05, 0.1) is 16.6 Å². The maximum absolute atomic E-state index is 11.2. The SMILES string of the molecule is CC(C)C(O)CNc1ccc(S(N)(=O)=O)cc1C(=O)O. The number of nitrogens with two attached hydrogens (primary N) is 1. The number of carboxylic acids is 1. The number of anilines is 1. The third-order valence-electron chi connectivity index (χ3n) is 2.82. The molecule has 1 atom stereocenters. The second-order valence-electron chi connectivity index (χ2n) is 4.75. The highest BCUT2D eigenvalue weighted by Crippen LogP contribution is 2.20. The first-order chi connectivity index (χ1) is 9.12. The molecule has 1 rings (SSSR count). The van der Waals surface area contributed by atoms with Gasteiger partial charge in [0.15, 0.2) is 0 Å². The summed E-state index contributed by atoms with van der Waals surface area (Å²) in [5.74, 6) is -1.27. The minimum absolute atomic E-state index is 0.0134. The summed E-state index contributed by atoms with van der Waals surface area (Å²) in [6.45, 7) is 3.82. The smallest absolute Gasteiger partial charge is 0.337 e. The zero-order valence-electron chi connectivity index (χ0n) is 11.2. The molecule has 1 aromatic rings. The summed E-state index contributed by atoms with van der Waals surface area (Å²) in [7, 11) is -3.96. The number of nitrogens with one attached hydrogen (secondary N) is 1. The van der Waals surface area contributed by atoms with Crippen LogP contribution in [0, 0.1) is 5.92 Å². The molecule has 8 heteroatoms. The minimum Gasteiger partial charge on any atom is -0.478 e. The molecule has 0 fully saturated rings. The van der Waals surface area contributed by atoms with Crippen molar-refractivity contribution in [1.29, 1.82) is 0 Å². The third kappa shape index (κ3) is 4.19. The lowest BCUT2D eigenvalue weighted by molar-refractivity contribution is 0.0697. The van der Waals surface area contributed by atoms with Crippen molar-refractivity contribution in [2.45, 2.75) is 24.8 Å². The van der Waals surface area contributed by atoms with E-state index in [0.717, 1.165) is 6.07 Å². The van der Waals surface area contributed by atoms with Crippen LogP contribution in [0.1, 0.15) is 24.2 Å². The predicted molar refractivity (Wildman–Crippen MR) is 74.1 cm³/mol. The molecule has 5 N–H and O–H groups in total. The van der Waals surface area contributed by atoms with Crippen molar-refractivity contribution < 1.29 is 23.4 Å². The number of hydrogen-bond donors (Lipinski definition) is 4. The second-order valence-corrected chi connectivity index (χ2v) is 6.31. The standard InChI is InChI=1S/C12H18N2O5S/c1-7(2)11(15)6-14-10-4-3-8(20(13,18)19)5-9(10)12(16)17/h3-5,7,11,14-15H,6H2,1-2H3,(H,16,17)(H2,13,18,19). The topological polar surface area (TPSA) is 130 Å². The zero-order chi connectivity index (χ0) is 15.5. The quantitative estimate of drug-likeness (QED) is 0.604. The van der Waals surface area contributed by atoms with Crippen LogP contribution in [0.5, 0.6) is 0 Å². The molecular formula is C12H18N2O5S. The van der Waals surface area contributed by atoms with E-state index in [4.69, 9.17) is 10.2 Å². The molecule has 0 bridgehead atoms. The molecule has 1 aromatic carbocycles. The summed E-state index contributed by atoms with van der Waals surface area (Å²) in [5, 5.41) is 26.5. The summed E-state index contributed by atoms with van der Waals surface area (Å²) in [4.78, 5) is 10.9. The Balaban J connectivity index is 3.06. The molecule has 1 unspecified atom stereocenters. The Labute approximate surface area is 117 Å². The van der Waals surface area contributed by atoms with Crippen molar-refractivity contribution in [3.8, 4) is 0 Å². The average molecular weight is 302 g/mol. The van der Waals surface area contributed by atoms with Crippen LogP contribution in [0.15, 0.2) is 23.1 Å². The molecule has 0 heterocycles. The lowest BCUT2D eigenvalue weighted by atomic mass is 10.1. The molecule has 0 aromatic heterocycles. The summed E-state index contributed by atoms with van der Waals surface area (Å²) >= 11 is 0. The van der Waals surface area contributed by atoms with Gasteiger partial charge in [0.2, 0.25) is 10.0 Å². The predicted octanol–water partition coefficient (Wildman–Crippen LogP) is 0.461. The van der Waals surface area contributed by atoms with Crippen molar-refractivity contribution in [3.05, 3.63) is 23.8 Å². The molecule has 0 aliphatic carbocycles. The number of aliphatic hydroxyl groups is 1. The Kier molecular flexibility index (Phi) is 5.09. The van der Waals surface area contributed by atoms with E-state index in [0.29, 0.717) is 0 Å². The number of aliphatic hydroxyl groups excluding tert-OH is 1. The monoisotopic (exact) mass is 302 g/mol. The zero-order valence-corrected chi connectivity index (χ0v) is 12.0. The highest BCUT2D eigenvalue weighted by atomic mass is 32.2.